The highest BCUT2D eigenvalue weighted by molar-refractivity contribution is 5.68. The van der Waals surface area contributed by atoms with E-state index < -0.39 is 5.97 Å². The Kier molecular flexibility index (Phi) is 3.67. The van der Waals surface area contributed by atoms with Crippen LogP contribution in [0.5, 0.6) is 0 Å². The molecule has 0 amide bonds. The van der Waals surface area contributed by atoms with Gasteiger partial charge in [-0.2, -0.15) is 0 Å². The number of likely N-dealkylation sites (N-methyl/N-ethyl adjacent to an activating group) is 1. The minimum atomic E-state index is -0.874. The predicted molar refractivity (Wildman–Crippen MR) is 48.6 cm³/mol. The Hall–Kier alpha value is -1.33. The number of carboxylic acid groups (broad SMARTS) is 1. The van der Waals surface area contributed by atoms with Gasteiger partial charge in [-0.1, -0.05) is 0 Å². The van der Waals surface area contributed by atoms with E-state index in [0.717, 1.165) is 0 Å². The molecule has 14 heavy (non-hydrogen) atoms. The van der Waals surface area contributed by atoms with Gasteiger partial charge in [0.25, 0.3) is 0 Å². The lowest BCUT2D eigenvalue weighted by molar-refractivity contribution is -0.138. The molecule has 5 heteroatoms. The van der Waals surface area contributed by atoms with E-state index in [1.54, 1.807) is 24.1 Å². The Labute approximate surface area is 81.6 Å². The van der Waals surface area contributed by atoms with Gasteiger partial charge >= 0.3 is 5.97 Å². The third-order valence-corrected chi connectivity index (χ3v) is 1.70. The summed E-state index contributed by atoms with van der Waals surface area (Å²) in [6.45, 7) is 0.254. The summed E-state index contributed by atoms with van der Waals surface area (Å²) < 4.78 is 5.20. The summed E-state index contributed by atoms with van der Waals surface area (Å²) in [4.78, 5) is 12.0. The van der Waals surface area contributed by atoms with Crippen LogP contribution in [0.3, 0.4) is 0 Å². The fourth-order valence-electron chi connectivity index (χ4n) is 1.15. The van der Waals surface area contributed by atoms with Crippen molar-refractivity contribution < 1.29 is 19.4 Å². The quantitative estimate of drug-likeness (QED) is 0.712. The van der Waals surface area contributed by atoms with Gasteiger partial charge in [-0.3, -0.25) is 9.69 Å². The summed E-state index contributed by atoms with van der Waals surface area (Å²) in [5.41, 5.74) is 0. The van der Waals surface area contributed by atoms with Crippen LogP contribution >= 0.6 is 0 Å². The lowest BCUT2D eigenvalue weighted by atomic mass is 10.4. The van der Waals surface area contributed by atoms with Crippen molar-refractivity contribution in [1.29, 1.82) is 0 Å². The van der Waals surface area contributed by atoms with Gasteiger partial charge in [-0.25, -0.2) is 0 Å². The molecule has 0 atom stereocenters. The van der Waals surface area contributed by atoms with Gasteiger partial charge in [0.2, 0.25) is 0 Å². The highest BCUT2D eigenvalue weighted by Crippen LogP contribution is 2.09. The first-order chi connectivity index (χ1) is 6.61. The van der Waals surface area contributed by atoms with E-state index in [1.165, 1.54) is 0 Å². The maximum Gasteiger partial charge on any atom is 0.317 e. The van der Waals surface area contributed by atoms with Crippen LogP contribution in [0.1, 0.15) is 11.5 Å². The fourth-order valence-corrected chi connectivity index (χ4v) is 1.15. The van der Waals surface area contributed by atoms with Gasteiger partial charge < -0.3 is 14.6 Å². The van der Waals surface area contributed by atoms with Crippen LogP contribution in [-0.4, -0.2) is 34.7 Å². The van der Waals surface area contributed by atoms with Crippen LogP contribution in [0.25, 0.3) is 0 Å². The summed E-state index contributed by atoms with van der Waals surface area (Å²) in [5, 5.41) is 17.2. The molecule has 1 aromatic heterocycles. The second kappa shape index (κ2) is 4.78. The number of hydrogen-bond donors (Lipinski definition) is 2. The van der Waals surface area contributed by atoms with Crippen LogP contribution in [0, 0.1) is 0 Å². The number of nitrogens with zero attached hydrogens (tertiary/aromatic N) is 1. The van der Waals surface area contributed by atoms with E-state index in [2.05, 4.69) is 0 Å². The highest BCUT2D eigenvalue weighted by Gasteiger charge is 2.07. The summed E-state index contributed by atoms with van der Waals surface area (Å²) in [7, 11) is 1.69. The second-order valence-electron chi connectivity index (χ2n) is 3.09. The molecule has 0 aliphatic heterocycles. The molecule has 0 unspecified atom stereocenters. The van der Waals surface area contributed by atoms with Crippen LogP contribution in [-0.2, 0) is 17.9 Å². The molecule has 2 N–H and O–H groups in total. The lowest BCUT2D eigenvalue weighted by Gasteiger charge is -2.11. The number of aliphatic hydroxyl groups is 1. The second-order valence-corrected chi connectivity index (χ2v) is 3.09. The Morgan fingerprint density at radius 1 is 1.50 bits per heavy atom. The lowest BCUT2D eigenvalue weighted by Crippen LogP contribution is -2.24. The van der Waals surface area contributed by atoms with Gasteiger partial charge in [0.05, 0.1) is 13.1 Å². The van der Waals surface area contributed by atoms with E-state index in [1.807, 2.05) is 0 Å². The van der Waals surface area contributed by atoms with Crippen LogP contribution < -0.4 is 0 Å². The first-order valence-corrected chi connectivity index (χ1v) is 4.20. The standard InChI is InChI=1S/C9H13NO4/c1-10(5-9(12)13)4-7-2-3-8(6-11)14-7/h2-3,11H,4-6H2,1H3,(H,12,13). The monoisotopic (exact) mass is 199 g/mol. The van der Waals surface area contributed by atoms with Crippen LogP contribution in [0.4, 0.5) is 0 Å². The Morgan fingerprint density at radius 3 is 2.64 bits per heavy atom. The third kappa shape index (κ3) is 3.20. The average molecular weight is 199 g/mol. The first-order valence-electron chi connectivity index (χ1n) is 4.20. The van der Waals surface area contributed by atoms with Crippen LogP contribution in [0.15, 0.2) is 16.5 Å². The normalized spacial score (nSPS) is 10.8. The van der Waals surface area contributed by atoms with Crippen molar-refractivity contribution >= 4 is 5.97 Å². The van der Waals surface area contributed by atoms with Crippen molar-refractivity contribution in [3.05, 3.63) is 23.7 Å². The van der Waals surface area contributed by atoms with Crippen LogP contribution in [0.2, 0.25) is 0 Å². The van der Waals surface area contributed by atoms with E-state index in [9.17, 15) is 4.79 Å². The van der Waals surface area contributed by atoms with Gasteiger partial charge in [0.15, 0.2) is 0 Å². The number of carbonyl (C=O) groups is 1. The first kappa shape index (κ1) is 10.7. The summed E-state index contributed by atoms with van der Waals surface area (Å²) in [6, 6.07) is 3.40. The molecule has 0 radical (unpaired) electrons. The van der Waals surface area contributed by atoms with E-state index >= 15 is 0 Å². The summed E-state index contributed by atoms with van der Waals surface area (Å²) >= 11 is 0. The molecule has 0 aliphatic carbocycles. The highest BCUT2D eigenvalue weighted by atomic mass is 16.4. The molecule has 5 nitrogen and oxygen atoms in total. The Balaban J connectivity index is 2.47. The number of furan rings is 1. The molecule has 0 aliphatic rings. The maximum atomic E-state index is 10.3. The SMILES string of the molecule is CN(CC(=O)O)Cc1ccc(CO)o1. The summed E-state index contributed by atoms with van der Waals surface area (Å²) in [6.07, 6.45) is 0. The van der Waals surface area contributed by atoms with Crippen molar-refractivity contribution in [2.75, 3.05) is 13.6 Å². The molecule has 0 spiro atoms. The van der Waals surface area contributed by atoms with Crippen molar-refractivity contribution in [2.45, 2.75) is 13.2 Å². The zero-order chi connectivity index (χ0) is 10.6. The molecular weight excluding hydrogens is 186 g/mol. The molecule has 1 rings (SSSR count). The third-order valence-electron chi connectivity index (χ3n) is 1.70. The Morgan fingerprint density at radius 2 is 2.14 bits per heavy atom. The molecule has 0 fully saturated rings. The van der Waals surface area contributed by atoms with Gasteiger partial charge in [0.1, 0.15) is 18.1 Å². The molecule has 78 valence electrons. The zero-order valence-electron chi connectivity index (χ0n) is 7.93. The molecule has 0 bridgehead atoms. The van der Waals surface area contributed by atoms with Crippen molar-refractivity contribution in [3.63, 3.8) is 0 Å². The average Bonchev–Trinajstić information content (AvgIpc) is 2.50. The number of aliphatic hydroxyl groups excluding tert-OH is 1. The smallest absolute Gasteiger partial charge is 0.317 e. The number of hydrogen-bond acceptors (Lipinski definition) is 4. The van der Waals surface area contributed by atoms with E-state index in [-0.39, 0.29) is 13.2 Å². The zero-order valence-corrected chi connectivity index (χ0v) is 7.93. The van der Waals surface area contributed by atoms with E-state index in [4.69, 9.17) is 14.6 Å². The minimum Gasteiger partial charge on any atom is -0.480 e. The van der Waals surface area contributed by atoms with Crippen molar-refractivity contribution in [1.82, 2.24) is 4.90 Å². The van der Waals surface area contributed by atoms with Gasteiger partial charge in [-0.15, -0.1) is 0 Å². The molecule has 0 aromatic carbocycles. The number of carboxylic acids is 1. The minimum absolute atomic E-state index is 0.0326. The predicted octanol–water partition coefficient (Wildman–Crippen LogP) is 0.288. The largest absolute Gasteiger partial charge is 0.480 e. The fraction of sp³-hybridized carbons (Fsp3) is 0.444. The Bertz CT molecular complexity index is 308. The molecular formula is C9H13NO4. The summed E-state index contributed by atoms with van der Waals surface area (Å²) in [5.74, 6) is 0.267. The molecule has 1 heterocycles. The maximum absolute atomic E-state index is 10.3. The van der Waals surface area contributed by atoms with Crippen molar-refractivity contribution in [3.8, 4) is 0 Å². The van der Waals surface area contributed by atoms with Gasteiger partial charge in [0, 0.05) is 0 Å². The van der Waals surface area contributed by atoms with E-state index in [0.29, 0.717) is 18.1 Å². The molecule has 1 aromatic rings. The molecule has 0 saturated heterocycles. The van der Waals surface area contributed by atoms with Crippen molar-refractivity contribution in [2.24, 2.45) is 0 Å². The van der Waals surface area contributed by atoms with Gasteiger partial charge in [-0.05, 0) is 19.2 Å². The number of rotatable bonds is 5. The topological polar surface area (TPSA) is 73.9 Å². The number of aliphatic carboxylic acids is 1. The molecule has 0 saturated carbocycles.